The van der Waals surface area contributed by atoms with Gasteiger partial charge in [-0.15, -0.1) is 0 Å². The van der Waals surface area contributed by atoms with E-state index in [2.05, 4.69) is 33.0 Å². The molecule has 7 nitrogen and oxygen atoms in total. The molecular formula is C21H29N5O2. The highest BCUT2D eigenvalue weighted by molar-refractivity contribution is 5.77. The minimum absolute atomic E-state index is 0.124. The summed E-state index contributed by atoms with van der Waals surface area (Å²) in [5, 5.41) is 4.39. The van der Waals surface area contributed by atoms with Crippen molar-refractivity contribution < 1.29 is 9.53 Å². The van der Waals surface area contributed by atoms with Gasteiger partial charge in [0, 0.05) is 69.2 Å². The molecule has 0 radical (unpaired) electrons. The molecule has 2 bridgehead atoms. The molecular weight excluding hydrogens is 354 g/mol. The Morgan fingerprint density at radius 3 is 2.82 bits per heavy atom. The quantitative estimate of drug-likeness (QED) is 0.758. The lowest BCUT2D eigenvalue weighted by atomic mass is 10.1. The summed E-state index contributed by atoms with van der Waals surface area (Å²) in [7, 11) is 0. The van der Waals surface area contributed by atoms with E-state index in [1.54, 1.807) is 12.4 Å². The Kier molecular flexibility index (Phi) is 6.02. The summed E-state index contributed by atoms with van der Waals surface area (Å²) in [4.78, 5) is 21.6. The number of hydrogen-bond acceptors (Lipinski definition) is 5. The molecule has 7 heteroatoms. The highest BCUT2D eigenvalue weighted by Gasteiger charge is 2.35. The number of hydrogen-bond donors (Lipinski definition) is 0. The highest BCUT2D eigenvalue weighted by atomic mass is 16.5. The highest BCUT2D eigenvalue weighted by Crippen LogP contribution is 2.22. The molecule has 0 saturated carbocycles. The van der Waals surface area contributed by atoms with Crippen LogP contribution in [0.25, 0.3) is 0 Å². The number of fused-ring (bicyclic) bond motifs is 3. The number of pyridine rings is 1. The molecule has 2 fully saturated rings. The van der Waals surface area contributed by atoms with Gasteiger partial charge < -0.3 is 9.64 Å². The van der Waals surface area contributed by atoms with Crippen LogP contribution in [-0.4, -0.2) is 69.4 Å². The molecule has 28 heavy (non-hydrogen) atoms. The van der Waals surface area contributed by atoms with Crippen molar-refractivity contribution in [3.63, 3.8) is 0 Å². The molecule has 0 N–H and O–H groups in total. The lowest BCUT2D eigenvalue weighted by Gasteiger charge is -2.31. The van der Waals surface area contributed by atoms with Crippen LogP contribution in [-0.2, 0) is 29.0 Å². The second-order valence-corrected chi connectivity index (χ2v) is 7.86. The molecule has 2 aromatic heterocycles. The van der Waals surface area contributed by atoms with Crippen LogP contribution in [0.15, 0.2) is 36.9 Å². The van der Waals surface area contributed by atoms with Gasteiger partial charge in [-0.2, -0.15) is 5.10 Å². The van der Waals surface area contributed by atoms with Gasteiger partial charge in [0.05, 0.1) is 25.5 Å². The van der Waals surface area contributed by atoms with Crippen molar-refractivity contribution in [2.75, 3.05) is 32.8 Å². The molecule has 4 heterocycles. The van der Waals surface area contributed by atoms with E-state index in [0.717, 1.165) is 51.3 Å². The van der Waals surface area contributed by atoms with Gasteiger partial charge in [0.15, 0.2) is 0 Å². The van der Waals surface area contributed by atoms with Gasteiger partial charge in [0.2, 0.25) is 5.91 Å². The van der Waals surface area contributed by atoms with Gasteiger partial charge in [0.1, 0.15) is 0 Å². The van der Waals surface area contributed by atoms with Crippen molar-refractivity contribution in [2.24, 2.45) is 5.92 Å². The summed E-state index contributed by atoms with van der Waals surface area (Å²) < 4.78 is 7.84. The average Bonchev–Trinajstić information content (AvgIpc) is 2.96. The van der Waals surface area contributed by atoms with E-state index in [1.807, 2.05) is 23.0 Å². The fourth-order valence-corrected chi connectivity index (χ4v) is 4.24. The fourth-order valence-electron chi connectivity index (χ4n) is 4.24. The van der Waals surface area contributed by atoms with Crippen LogP contribution in [0.2, 0.25) is 0 Å². The second-order valence-electron chi connectivity index (χ2n) is 7.86. The zero-order chi connectivity index (χ0) is 19.3. The standard InChI is InChI=1S/C21H29N5O2/c1-2-25-12-18(9-23-25)10-24-11-19-13-26(20(14-24)16-28-15-19)21(27)4-3-17-5-7-22-8-6-17/h5-9,12,19-20H,2-4,10-11,13-16H2,1H3/t19-,20-/m0/s1. The zero-order valence-corrected chi connectivity index (χ0v) is 16.5. The normalized spacial score (nSPS) is 22.8. The van der Waals surface area contributed by atoms with Crippen LogP contribution < -0.4 is 0 Å². The van der Waals surface area contributed by atoms with Crippen LogP contribution in [0.5, 0.6) is 0 Å². The third-order valence-corrected chi connectivity index (χ3v) is 5.66. The van der Waals surface area contributed by atoms with Crippen LogP contribution in [0.1, 0.15) is 24.5 Å². The number of carbonyl (C=O) groups excluding carboxylic acids is 1. The van der Waals surface area contributed by atoms with Gasteiger partial charge in [-0.25, -0.2) is 0 Å². The van der Waals surface area contributed by atoms with E-state index in [9.17, 15) is 4.79 Å². The molecule has 0 unspecified atom stereocenters. The number of aryl methyl sites for hydroxylation is 2. The molecule has 4 rings (SSSR count). The number of amides is 1. The number of rotatable bonds is 6. The molecule has 0 spiro atoms. The van der Waals surface area contributed by atoms with Crippen molar-refractivity contribution in [3.8, 4) is 0 Å². The van der Waals surface area contributed by atoms with E-state index in [-0.39, 0.29) is 11.9 Å². The van der Waals surface area contributed by atoms with Crippen LogP contribution >= 0.6 is 0 Å². The van der Waals surface area contributed by atoms with Crippen LogP contribution in [0.3, 0.4) is 0 Å². The Labute approximate surface area is 166 Å². The smallest absolute Gasteiger partial charge is 0.223 e. The van der Waals surface area contributed by atoms with Gasteiger partial charge in [-0.05, 0) is 31.0 Å². The third kappa shape index (κ3) is 4.59. The van der Waals surface area contributed by atoms with Crippen molar-refractivity contribution in [1.82, 2.24) is 24.6 Å². The van der Waals surface area contributed by atoms with E-state index in [0.29, 0.717) is 18.9 Å². The van der Waals surface area contributed by atoms with Gasteiger partial charge in [-0.3, -0.25) is 19.4 Å². The van der Waals surface area contributed by atoms with Crippen LogP contribution in [0, 0.1) is 5.92 Å². The number of aromatic nitrogens is 3. The first-order valence-corrected chi connectivity index (χ1v) is 10.2. The Morgan fingerprint density at radius 1 is 1.18 bits per heavy atom. The van der Waals surface area contributed by atoms with E-state index < -0.39 is 0 Å². The maximum absolute atomic E-state index is 13.0. The maximum atomic E-state index is 13.0. The number of carbonyl (C=O) groups is 1. The fraction of sp³-hybridized carbons (Fsp3) is 0.571. The monoisotopic (exact) mass is 383 g/mol. The second kappa shape index (κ2) is 8.84. The molecule has 2 atom stereocenters. The first-order chi connectivity index (χ1) is 13.7. The molecule has 0 aliphatic carbocycles. The third-order valence-electron chi connectivity index (χ3n) is 5.66. The van der Waals surface area contributed by atoms with Gasteiger partial charge in [-0.1, -0.05) is 0 Å². The first kappa shape index (κ1) is 19.1. The first-order valence-electron chi connectivity index (χ1n) is 10.2. The lowest BCUT2D eigenvalue weighted by molar-refractivity contribution is -0.133. The van der Waals surface area contributed by atoms with Gasteiger partial charge in [0.25, 0.3) is 0 Å². The van der Waals surface area contributed by atoms with Crippen molar-refractivity contribution in [1.29, 1.82) is 0 Å². The summed E-state index contributed by atoms with van der Waals surface area (Å²) in [6, 6.07) is 4.09. The van der Waals surface area contributed by atoms with E-state index in [1.165, 1.54) is 5.56 Å². The largest absolute Gasteiger partial charge is 0.379 e. The topological polar surface area (TPSA) is 63.5 Å². The minimum Gasteiger partial charge on any atom is -0.379 e. The van der Waals surface area contributed by atoms with Crippen molar-refractivity contribution in [3.05, 3.63) is 48.0 Å². The van der Waals surface area contributed by atoms with Crippen LogP contribution in [0.4, 0.5) is 0 Å². The molecule has 1 amide bonds. The Hall–Kier alpha value is -2.25. The maximum Gasteiger partial charge on any atom is 0.223 e. The summed E-state index contributed by atoms with van der Waals surface area (Å²) in [5.74, 6) is 0.594. The zero-order valence-electron chi connectivity index (χ0n) is 16.5. The molecule has 2 saturated heterocycles. The van der Waals surface area contributed by atoms with Crippen molar-refractivity contribution in [2.45, 2.75) is 38.9 Å². The number of ether oxygens (including phenoxy) is 1. The van der Waals surface area contributed by atoms with E-state index in [4.69, 9.17) is 4.74 Å². The van der Waals surface area contributed by atoms with Gasteiger partial charge >= 0.3 is 0 Å². The molecule has 2 aromatic rings. The minimum atomic E-state index is 0.124. The predicted molar refractivity (Wildman–Crippen MR) is 106 cm³/mol. The SMILES string of the molecule is CCn1cc(CN2C[C@@H]3COC[C@H](C2)N(C(=O)CCc2ccncc2)C3)cn1. The van der Waals surface area contributed by atoms with E-state index >= 15 is 0 Å². The summed E-state index contributed by atoms with van der Waals surface area (Å²) >= 11 is 0. The molecule has 2 aliphatic heterocycles. The Bertz CT molecular complexity index is 778. The summed E-state index contributed by atoms with van der Waals surface area (Å²) in [6.07, 6.45) is 8.94. The predicted octanol–water partition coefficient (Wildman–Crippen LogP) is 1.59. The summed E-state index contributed by atoms with van der Waals surface area (Å²) in [6.45, 7) is 7.84. The Balaban J connectivity index is 1.40. The molecule has 150 valence electrons. The molecule has 0 aromatic carbocycles. The van der Waals surface area contributed by atoms with Crippen molar-refractivity contribution >= 4 is 5.91 Å². The lowest BCUT2D eigenvalue weighted by Crippen LogP contribution is -2.46. The number of nitrogens with zero attached hydrogens (tertiary/aromatic N) is 5. The Morgan fingerprint density at radius 2 is 2.04 bits per heavy atom. The summed E-state index contributed by atoms with van der Waals surface area (Å²) in [5.41, 5.74) is 2.39. The average molecular weight is 383 g/mol. The molecule has 2 aliphatic rings.